The fourth-order valence-electron chi connectivity index (χ4n) is 3.37. The molecule has 1 aliphatic heterocycles. The second-order valence-corrected chi connectivity index (χ2v) is 8.81. The van der Waals surface area contributed by atoms with Gasteiger partial charge in [-0.2, -0.15) is 0 Å². The molecule has 0 spiro atoms. The van der Waals surface area contributed by atoms with Crippen LogP contribution >= 0.6 is 22.7 Å². The number of hydrogen-bond donors (Lipinski definition) is 1. The third-order valence-corrected chi connectivity index (χ3v) is 6.72. The lowest BCUT2D eigenvalue weighted by Crippen LogP contribution is -2.37. The van der Waals surface area contributed by atoms with Crippen molar-refractivity contribution in [3.8, 4) is 0 Å². The first kappa shape index (κ1) is 18.7. The summed E-state index contributed by atoms with van der Waals surface area (Å²) in [6.45, 7) is 0.785. The molecule has 0 radical (unpaired) electrons. The van der Waals surface area contributed by atoms with Crippen LogP contribution in [-0.4, -0.2) is 28.2 Å². The maximum Gasteiger partial charge on any atom is 0.349 e. The van der Waals surface area contributed by atoms with Crippen LogP contribution in [0.2, 0.25) is 0 Å². The van der Waals surface area contributed by atoms with E-state index in [4.69, 9.17) is 4.42 Å². The van der Waals surface area contributed by atoms with Crippen LogP contribution in [0.3, 0.4) is 0 Å². The third kappa shape index (κ3) is 3.42. The van der Waals surface area contributed by atoms with E-state index in [9.17, 15) is 14.4 Å². The van der Waals surface area contributed by atoms with E-state index in [0.717, 1.165) is 10.6 Å². The Bertz CT molecular complexity index is 1320. The average molecular weight is 438 g/mol. The van der Waals surface area contributed by atoms with Crippen LogP contribution in [0.1, 0.15) is 30.6 Å². The number of carbonyl (C=O) groups excluding carboxylic acids is 2. The summed E-state index contributed by atoms with van der Waals surface area (Å²) in [5.41, 5.74) is 0.704. The van der Waals surface area contributed by atoms with Gasteiger partial charge in [0.1, 0.15) is 11.1 Å². The van der Waals surface area contributed by atoms with Crippen molar-refractivity contribution in [3.05, 3.63) is 79.3 Å². The Hall–Kier alpha value is -3.30. The number of para-hydroxylation sites is 1. The molecule has 1 aromatic carbocycles. The number of benzene rings is 1. The summed E-state index contributed by atoms with van der Waals surface area (Å²) in [6.07, 6.45) is 0.561. The van der Waals surface area contributed by atoms with Gasteiger partial charge < -0.3 is 9.32 Å². The first-order valence-corrected chi connectivity index (χ1v) is 10.9. The minimum Gasteiger partial charge on any atom is -0.422 e. The number of anilines is 1. The van der Waals surface area contributed by atoms with E-state index in [-0.39, 0.29) is 17.4 Å². The van der Waals surface area contributed by atoms with Crippen molar-refractivity contribution in [1.29, 1.82) is 0 Å². The van der Waals surface area contributed by atoms with Gasteiger partial charge in [-0.15, -0.1) is 11.3 Å². The molecule has 0 bridgehead atoms. The zero-order chi connectivity index (χ0) is 20.7. The molecule has 0 unspecified atom stereocenters. The molecule has 1 aliphatic rings. The summed E-state index contributed by atoms with van der Waals surface area (Å²) in [5.74, 6) is -0.560. The van der Waals surface area contributed by atoms with Gasteiger partial charge in [-0.05, 0) is 23.6 Å². The van der Waals surface area contributed by atoms with E-state index < -0.39 is 5.63 Å². The number of rotatable bonds is 3. The van der Waals surface area contributed by atoms with Crippen LogP contribution in [0.15, 0.2) is 57.1 Å². The smallest absolute Gasteiger partial charge is 0.349 e. The number of aromatic nitrogens is 1. The molecule has 0 aliphatic carbocycles. The maximum atomic E-state index is 13.0. The van der Waals surface area contributed by atoms with Crippen LogP contribution < -0.4 is 10.9 Å². The van der Waals surface area contributed by atoms with Crippen molar-refractivity contribution in [2.24, 2.45) is 0 Å². The molecule has 30 heavy (non-hydrogen) atoms. The molecule has 1 N–H and O–H groups in total. The number of thiophene rings is 1. The fourth-order valence-corrected chi connectivity index (χ4v) is 5.01. The molecule has 7 nitrogen and oxygen atoms in total. The standard InChI is InChI=1S/C21H15N3O4S2/c25-18(16-6-3-9-29-16)23-21-22-14-7-8-24(11-17(14)30-21)19(26)13-10-12-4-1-2-5-15(12)28-20(13)27/h1-6,9-10H,7-8,11H2,(H,22,23,25). The van der Waals surface area contributed by atoms with Gasteiger partial charge in [0.05, 0.1) is 17.1 Å². The summed E-state index contributed by atoms with van der Waals surface area (Å²) >= 11 is 2.71. The summed E-state index contributed by atoms with van der Waals surface area (Å²) in [6, 6.07) is 12.3. The van der Waals surface area contributed by atoms with E-state index in [1.165, 1.54) is 22.7 Å². The lowest BCUT2D eigenvalue weighted by atomic mass is 10.1. The van der Waals surface area contributed by atoms with E-state index >= 15 is 0 Å². The molecule has 3 aromatic heterocycles. The van der Waals surface area contributed by atoms with Crippen molar-refractivity contribution in [2.45, 2.75) is 13.0 Å². The Kier molecular flexibility index (Phi) is 4.68. The highest BCUT2D eigenvalue weighted by atomic mass is 32.1. The fraction of sp³-hybridized carbons (Fsp3) is 0.143. The average Bonchev–Trinajstić information content (AvgIpc) is 3.41. The van der Waals surface area contributed by atoms with E-state index in [2.05, 4.69) is 10.3 Å². The van der Waals surface area contributed by atoms with Crippen molar-refractivity contribution in [3.63, 3.8) is 0 Å². The number of thiazole rings is 1. The van der Waals surface area contributed by atoms with Gasteiger partial charge in [-0.1, -0.05) is 35.6 Å². The largest absolute Gasteiger partial charge is 0.422 e. The summed E-state index contributed by atoms with van der Waals surface area (Å²) in [4.78, 5) is 45.2. The molecule has 0 fully saturated rings. The molecule has 150 valence electrons. The first-order chi connectivity index (χ1) is 14.6. The number of nitrogens with one attached hydrogen (secondary N) is 1. The molecule has 4 aromatic rings. The van der Waals surface area contributed by atoms with Crippen LogP contribution in [0.25, 0.3) is 11.0 Å². The molecular formula is C21H15N3O4S2. The molecular weight excluding hydrogens is 422 g/mol. The number of carbonyl (C=O) groups is 2. The lowest BCUT2D eigenvalue weighted by Gasteiger charge is -2.25. The van der Waals surface area contributed by atoms with Crippen LogP contribution in [-0.2, 0) is 13.0 Å². The topological polar surface area (TPSA) is 92.5 Å². The number of hydrogen-bond acceptors (Lipinski definition) is 7. The van der Waals surface area contributed by atoms with Gasteiger partial charge in [0.25, 0.3) is 11.8 Å². The molecule has 0 saturated carbocycles. The van der Waals surface area contributed by atoms with E-state index in [1.807, 2.05) is 17.5 Å². The van der Waals surface area contributed by atoms with E-state index in [0.29, 0.717) is 40.5 Å². The van der Waals surface area contributed by atoms with Gasteiger partial charge in [0, 0.05) is 23.2 Å². The Labute approximate surface area is 178 Å². The Balaban J connectivity index is 1.36. The second-order valence-electron chi connectivity index (χ2n) is 6.78. The molecule has 0 saturated heterocycles. The van der Waals surface area contributed by atoms with Crippen LogP contribution in [0.5, 0.6) is 0 Å². The number of amides is 2. The minimum atomic E-state index is -0.641. The normalized spacial score (nSPS) is 13.3. The van der Waals surface area contributed by atoms with Crippen molar-refractivity contribution >= 4 is 50.6 Å². The van der Waals surface area contributed by atoms with Gasteiger partial charge in [0.15, 0.2) is 5.13 Å². The maximum absolute atomic E-state index is 13.0. The number of fused-ring (bicyclic) bond motifs is 2. The minimum absolute atomic E-state index is 0.0212. The lowest BCUT2D eigenvalue weighted by molar-refractivity contribution is 0.0732. The zero-order valence-corrected chi connectivity index (χ0v) is 17.2. The number of nitrogens with zero attached hydrogens (tertiary/aromatic N) is 2. The predicted molar refractivity (Wildman–Crippen MR) is 115 cm³/mol. The Morgan fingerprint density at radius 1 is 1.17 bits per heavy atom. The highest BCUT2D eigenvalue weighted by molar-refractivity contribution is 7.16. The predicted octanol–water partition coefficient (Wildman–Crippen LogP) is 3.76. The van der Waals surface area contributed by atoms with Crippen LogP contribution in [0.4, 0.5) is 5.13 Å². The van der Waals surface area contributed by atoms with E-state index in [1.54, 1.807) is 35.2 Å². The summed E-state index contributed by atoms with van der Waals surface area (Å²) < 4.78 is 5.30. The molecule has 0 atom stereocenters. The van der Waals surface area contributed by atoms with Gasteiger partial charge in [0.2, 0.25) is 0 Å². The van der Waals surface area contributed by atoms with Crippen molar-refractivity contribution in [1.82, 2.24) is 9.88 Å². The highest BCUT2D eigenvalue weighted by Crippen LogP contribution is 2.29. The molecule has 2 amide bonds. The van der Waals surface area contributed by atoms with Gasteiger partial charge in [-0.3, -0.25) is 14.9 Å². The molecule has 9 heteroatoms. The van der Waals surface area contributed by atoms with Crippen molar-refractivity contribution in [2.75, 3.05) is 11.9 Å². The van der Waals surface area contributed by atoms with Crippen LogP contribution in [0, 0.1) is 0 Å². The second kappa shape index (κ2) is 7.51. The third-order valence-electron chi connectivity index (χ3n) is 4.86. The SMILES string of the molecule is O=C(Nc1nc2c(s1)CN(C(=O)c1cc3ccccc3oc1=O)CC2)c1cccs1. The quantitative estimate of drug-likeness (QED) is 0.493. The zero-order valence-electron chi connectivity index (χ0n) is 15.6. The molecule has 5 rings (SSSR count). The summed E-state index contributed by atoms with van der Waals surface area (Å²) in [5, 5.41) is 5.87. The highest BCUT2D eigenvalue weighted by Gasteiger charge is 2.27. The van der Waals surface area contributed by atoms with Gasteiger partial charge >= 0.3 is 5.63 Å². The Morgan fingerprint density at radius 2 is 2.03 bits per heavy atom. The van der Waals surface area contributed by atoms with Gasteiger partial charge in [-0.25, -0.2) is 9.78 Å². The molecule has 4 heterocycles. The Morgan fingerprint density at radius 3 is 2.87 bits per heavy atom. The van der Waals surface area contributed by atoms with Crippen molar-refractivity contribution < 1.29 is 14.0 Å². The summed E-state index contributed by atoms with van der Waals surface area (Å²) in [7, 11) is 0. The monoisotopic (exact) mass is 437 g/mol. The first-order valence-electron chi connectivity index (χ1n) is 9.24.